The number of hydrogen-bond acceptors (Lipinski definition) is 5. The smallest absolute Gasteiger partial charge is 0.398 e. The molecule has 0 atom stereocenters. The first-order valence-corrected chi connectivity index (χ1v) is 6.68. The summed E-state index contributed by atoms with van der Waals surface area (Å²) in [6.45, 7) is 8.05. The summed E-state index contributed by atoms with van der Waals surface area (Å²) in [5.41, 5.74) is 6.47. The van der Waals surface area contributed by atoms with Crippen molar-refractivity contribution in [3.8, 4) is 0 Å². The van der Waals surface area contributed by atoms with Crippen molar-refractivity contribution in [2.45, 2.75) is 38.9 Å². The highest BCUT2D eigenvalue weighted by molar-refractivity contribution is 6.64. The molecule has 2 aromatic rings. The van der Waals surface area contributed by atoms with E-state index in [1.807, 2.05) is 52.0 Å². The maximum Gasteiger partial charge on any atom is 0.515 e. The van der Waals surface area contributed by atoms with Crippen LogP contribution in [0.3, 0.4) is 0 Å². The van der Waals surface area contributed by atoms with Crippen molar-refractivity contribution in [2.24, 2.45) is 0 Å². The van der Waals surface area contributed by atoms with Gasteiger partial charge in [0.2, 0.25) is 5.95 Å². The van der Waals surface area contributed by atoms with Crippen molar-refractivity contribution in [3.63, 3.8) is 0 Å². The normalized spacial score (nSPS) is 20.5. The quantitative estimate of drug-likeness (QED) is 0.796. The van der Waals surface area contributed by atoms with Gasteiger partial charge in [0.15, 0.2) is 0 Å². The lowest BCUT2D eigenvalue weighted by Crippen LogP contribution is -2.41. The Hall–Kier alpha value is -1.66. The van der Waals surface area contributed by atoms with Crippen LogP contribution < -0.4 is 11.3 Å². The first kappa shape index (κ1) is 13.3. The second kappa shape index (κ2) is 4.17. The fraction of sp³-hybridized carbons (Fsp3) is 0.429. The Balaban J connectivity index is 2.12. The Kier molecular flexibility index (Phi) is 2.78. The molecule has 1 saturated heterocycles. The first-order valence-electron chi connectivity index (χ1n) is 6.68. The molecule has 6 heteroatoms. The van der Waals surface area contributed by atoms with Gasteiger partial charge in [-0.15, -0.1) is 0 Å². The van der Waals surface area contributed by atoms with E-state index in [1.165, 1.54) is 0 Å². The number of hydrogen-bond donors (Lipinski definition) is 1. The number of anilines is 1. The van der Waals surface area contributed by atoms with E-state index in [9.17, 15) is 0 Å². The average molecular weight is 271 g/mol. The lowest BCUT2D eigenvalue weighted by Gasteiger charge is -2.32. The molecule has 104 valence electrons. The van der Waals surface area contributed by atoms with Gasteiger partial charge in [-0.05, 0) is 33.8 Å². The summed E-state index contributed by atoms with van der Waals surface area (Å²) in [5, 5.41) is 0.903. The van der Waals surface area contributed by atoms with Crippen molar-refractivity contribution in [2.75, 3.05) is 5.73 Å². The van der Waals surface area contributed by atoms with Crippen LogP contribution in [0, 0.1) is 0 Å². The molecule has 1 aromatic carbocycles. The molecule has 2 heterocycles. The molecule has 3 rings (SSSR count). The van der Waals surface area contributed by atoms with Crippen LogP contribution >= 0.6 is 0 Å². The van der Waals surface area contributed by atoms with E-state index in [1.54, 1.807) is 0 Å². The van der Waals surface area contributed by atoms with Gasteiger partial charge in [-0.3, -0.25) is 0 Å². The summed E-state index contributed by atoms with van der Waals surface area (Å²) in [7, 11) is -0.532. The number of benzene rings is 1. The Bertz CT molecular complexity index is 657. The summed E-state index contributed by atoms with van der Waals surface area (Å²) in [5.74, 6) is 0.230. The fourth-order valence-corrected chi connectivity index (χ4v) is 2.25. The minimum atomic E-state index is -0.532. The van der Waals surface area contributed by atoms with Crippen LogP contribution in [0.5, 0.6) is 0 Å². The van der Waals surface area contributed by atoms with E-state index in [2.05, 4.69) is 9.97 Å². The van der Waals surface area contributed by atoms with Gasteiger partial charge in [0.05, 0.1) is 22.3 Å². The molecule has 0 bridgehead atoms. The number of rotatable bonds is 1. The van der Waals surface area contributed by atoms with E-state index in [0.717, 1.165) is 10.9 Å². The zero-order valence-corrected chi connectivity index (χ0v) is 12.2. The number of para-hydroxylation sites is 1. The second-order valence-electron chi connectivity index (χ2n) is 6.07. The Morgan fingerprint density at radius 2 is 1.60 bits per heavy atom. The van der Waals surface area contributed by atoms with Crippen molar-refractivity contribution in [1.29, 1.82) is 0 Å². The maximum absolute atomic E-state index is 6.05. The molecule has 0 spiro atoms. The van der Waals surface area contributed by atoms with Crippen molar-refractivity contribution < 1.29 is 9.31 Å². The monoisotopic (exact) mass is 271 g/mol. The van der Waals surface area contributed by atoms with Gasteiger partial charge in [0.1, 0.15) is 0 Å². The summed E-state index contributed by atoms with van der Waals surface area (Å²) in [6, 6.07) is 7.72. The topological polar surface area (TPSA) is 70.3 Å². The van der Waals surface area contributed by atoms with Gasteiger partial charge >= 0.3 is 7.12 Å². The third-order valence-electron chi connectivity index (χ3n) is 4.13. The summed E-state index contributed by atoms with van der Waals surface area (Å²) in [6.07, 6.45) is 0. The zero-order chi connectivity index (χ0) is 14.5. The molecule has 5 nitrogen and oxygen atoms in total. The molecule has 0 radical (unpaired) electrons. The molecule has 0 amide bonds. The minimum absolute atomic E-state index is 0.230. The third-order valence-corrected chi connectivity index (χ3v) is 4.13. The molecule has 20 heavy (non-hydrogen) atoms. The molecule has 0 unspecified atom stereocenters. The van der Waals surface area contributed by atoms with Crippen LogP contribution in [0.4, 0.5) is 5.95 Å². The molecular formula is C14H18BN3O2. The van der Waals surface area contributed by atoms with Gasteiger partial charge in [0.25, 0.3) is 0 Å². The lowest BCUT2D eigenvalue weighted by atomic mass is 9.82. The van der Waals surface area contributed by atoms with Crippen LogP contribution in [-0.2, 0) is 9.31 Å². The summed E-state index contributed by atoms with van der Waals surface area (Å²) >= 11 is 0. The largest absolute Gasteiger partial charge is 0.515 e. The zero-order valence-electron chi connectivity index (χ0n) is 12.2. The number of fused-ring (bicyclic) bond motifs is 1. The highest BCUT2D eigenvalue weighted by Crippen LogP contribution is 2.36. The van der Waals surface area contributed by atoms with Crippen LogP contribution in [0.2, 0.25) is 0 Å². The predicted molar refractivity (Wildman–Crippen MR) is 79.7 cm³/mol. The standard InChI is InChI=1S/C14H18BN3O2/c1-13(2)14(3,4)20-15(19-13)11-9-7-5-6-8-10(9)17-12(16)18-11/h5-8H,1-4H3,(H2,16,17,18). The predicted octanol–water partition coefficient (Wildman–Crippen LogP) is 1.51. The molecular weight excluding hydrogens is 253 g/mol. The molecule has 0 aliphatic carbocycles. The molecule has 1 aliphatic rings. The average Bonchev–Trinajstić information content (AvgIpc) is 2.57. The van der Waals surface area contributed by atoms with Crippen molar-refractivity contribution in [3.05, 3.63) is 24.3 Å². The van der Waals surface area contributed by atoms with Gasteiger partial charge in [0, 0.05) is 5.39 Å². The molecule has 1 aliphatic heterocycles. The SMILES string of the molecule is CC1(C)OB(c2nc(N)nc3ccccc23)OC1(C)C. The highest BCUT2D eigenvalue weighted by atomic mass is 16.7. The van der Waals surface area contributed by atoms with E-state index in [-0.39, 0.29) is 5.95 Å². The van der Waals surface area contributed by atoms with Gasteiger partial charge in [-0.1, -0.05) is 18.2 Å². The number of aromatic nitrogens is 2. The van der Waals surface area contributed by atoms with Crippen molar-refractivity contribution >= 4 is 29.6 Å². The second-order valence-corrected chi connectivity index (χ2v) is 6.07. The Morgan fingerprint density at radius 1 is 1.00 bits per heavy atom. The van der Waals surface area contributed by atoms with Gasteiger partial charge < -0.3 is 15.0 Å². The Labute approximate surface area is 118 Å². The third kappa shape index (κ3) is 1.96. The first-order chi connectivity index (χ1) is 9.30. The minimum Gasteiger partial charge on any atom is -0.398 e. The summed E-state index contributed by atoms with van der Waals surface area (Å²) in [4.78, 5) is 8.57. The van der Waals surface area contributed by atoms with Crippen LogP contribution in [0.15, 0.2) is 24.3 Å². The lowest BCUT2D eigenvalue weighted by molar-refractivity contribution is 0.00578. The maximum atomic E-state index is 6.05. The molecule has 1 aromatic heterocycles. The molecule has 1 fully saturated rings. The van der Waals surface area contributed by atoms with Gasteiger partial charge in [-0.2, -0.15) is 0 Å². The highest BCUT2D eigenvalue weighted by Gasteiger charge is 2.52. The number of nitrogens with two attached hydrogens (primary N) is 1. The number of nitrogens with zero attached hydrogens (tertiary/aromatic N) is 2. The van der Waals surface area contributed by atoms with E-state index in [0.29, 0.717) is 5.59 Å². The van der Waals surface area contributed by atoms with E-state index >= 15 is 0 Å². The Morgan fingerprint density at radius 3 is 2.25 bits per heavy atom. The number of nitrogen functional groups attached to an aromatic ring is 1. The van der Waals surface area contributed by atoms with E-state index in [4.69, 9.17) is 15.0 Å². The van der Waals surface area contributed by atoms with Crippen LogP contribution in [0.1, 0.15) is 27.7 Å². The van der Waals surface area contributed by atoms with Crippen LogP contribution in [-0.4, -0.2) is 28.3 Å². The van der Waals surface area contributed by atoms with Crippen molar-refractivity contribution in [1.82, 2.24) is 9.97 Å². The fourth-order valence-electron chi connectivity index (χ4n) is 2.25. The molecule has 0 saturated carbocycles. The van der Waals surface area contributed by atoms with E-state index < -0.39 is 18.3 Å². The van der Waals surface area contributed by atoms with Gasteiger partial charge in [-0.25, -0.2) is 9.97 Å². The molecule has 2 N–H and O–H groups in total. The van der Waals surface area contributed by atoms with Crippen LogP contribution in [0.25, 0.3) is 10.9 Å². The summed E-state index contributed by atoms with van der Waals surface area (Å²) < 4.78 is 12.1.